The molecule has 3 N–H and O–H groups in total. The third kappa shape index (κ3) is 4.12. The number of pyridine rings is 1. The third-order valence-electron chi connectivity index (χ3n) is 6.16. The number of amides is 1. The Hall–Kier alpha value is -2.66. The monoisotopic (exact) mass is 404 g/mol. The van der Waals surface area contributed by atoms with E-state index in [0.29, 0.717) is 5.92 Å². The zero-order chi connectivity index (χ0) is 21.3. The van der Waals surface area contributed by atoms with E-state index in [1.54, 1.807) is 0 Å². The van der Waals surface area contributed by atoms with Gasteiger partial charge in [0.1, 0.15) is 0 Å². The lowest BCUT2D eigenvalue weighted by Crippen LogP contribution is -2.46. The first-order chi connectivity index (χ1) is 14.4. The lowest BCUT2D eigenvalue weighted by Gasteiger charge is -2.25. The molecule has 0 saturated carbocycles. The average Bonchev–Trinajstić information content (AvgIpc) is 3.13. The third-order valence-corrected chi connectivity index (χ3v) is 6.16. The van der Waals surface area contributed by atoms with E-state index in [1.165, 1.54) is 10.9 Å². The first kappa shape index (κ1) is 20.6. The summed E-state index contributed by atoms with van der Waals surface area (Å²) in [6.07, 6.45) is 4.02. The van der Waals surface area contributed by atoms with Crippen LogP contribution in [-0.2, 0) is 4.79 Å². The van der Waals surface area contributed by atoms with Crippen molar-refractivity contribution < 1.29 is 4.79 Å². The van der Waals surface area contributed by atoms with Crippen molar-refractivity contribution in [3.63, 3.8) is 0 Å². The largest absolute Gasteiger partial charge is 0.354 e. The molecule has 1 amide bonds. The number of nitrogens with one attached hydrogen (secondary N) is 3. The first-order valence-corrected chi connectivity index (χ1v) is 11.0. The Morgan fingerprint density at radius 3 is 2.73 bits per heavy atom. The molecule has 1 fully saturated rings. The minimum atomic E-state index is -0.183. The van der Waals surface area contributed by atoms with Crippen molar-refractivity contribution >= 4 is 16.8 Å². The van der Waals surface area contributed by atoms with Crippen LogP contribution in [-0.4, -0.2) is 35.0 Å². The Morgan fingerprint density at radius 2 is 2.03 bits per heavy atom. The molecule has 1 aromatic carbocycles. The fraction of sp³-hybridized carbons (Fsp3) is 0.440. The number of carbonyl (C=O) groups excluding carboxylic acids is 1. The number of nitrogens with zero attached hydrogens (tertiary/aromatic N) is 1. The lowest BCUT2D eigenvalue weighted by atomic mass is 9.93. The summed E-state index contributed by atoms with van der Waals surface area (Å²) < 4.78 is 0. The van der Waals surface area contributed by atoms with Crippen LogP contribution in [0.3, 0.4) is 0 Å². The molecule has 2 aromatic heterocycles. The van der Waals surface area contributed by atoms with E-state index in [0.717, 1.165) is 54.0 Å². The van der Waals surface area contributed by atoms with Crippen molar-refractivity contribution in [1.82, 2.24) is 20.6 Å². The van der Waals surface area contributed by atoms with Crippen molar-refractivity contribution in [2.45, 2.75) is 58.4 Å². The summed E-state index contributed by atoms with van der Waals surface area (Å²) in [7, 11) is 0. The predicted molar refractivity (Wildman–Crippen MR) is 123 cm³/mol. The van der Waals surface area contributed by atoms with E-state index in [2.05, 4.69) is 64.8 Å². The summed E-state index contributed by atoms with van der Waals surface area (Å²) in [6, 6.07) is 10.8. The summed E-state index contributed by atoms with van der Waals surface area (Å²) in [6.45, 7) is 10.4. The Bertz CT molecular complexity index is 1050. The van der Waals surface area contributed by atoms with Gasteiger partial charge in [-0.05, 0) is 74.5 Å². The van der Waals surface area contributed by atoms with E-state index < -0.39 is 0 Å². The smallest absolute Gasteiger partial charge is 0.227 e. The first-order valence-electron chi connectivity index (χ1n) is 11.0. The van der Waals surface area contributed by atoms with Gasteiger partial charge in [0.05, 0.1) is 11.6 Å². The summed E-state index contributed by atoms with van der Waals surface area (Å²) in [5.74, 6) is 0.280. The van der Waals surface area contributed by atoms with Crippen LogP contribution in [0.5, 0.6) is 0 Å². The molecule has 1 unspecified atom stereocenters. The lowest BCUT2D eigenvalue weighted by molar-refractivity contribution is -0.123. The molecule has 3 aromatic rings. The van der Waals surface area contributed by atoms with Gasteiger partial charge in [0.15, 0.2) is 0 Å². The predicted octanol–water partition coefficient (Wildman–Crippen LogP) is 4.63. The minimum Gasteiger partial charge on any atom is -0.354 e. The Kier molecular flexibility index (Phi) is 5.91. The standard InChI is InChI=1S/C25H32N4O/c1-15(2)23-21-13-18(17(4)25(30)28-20-6-5-10-26-14-20)7-8-22(21)29-24(23)19-9-11-27-16(3)12-19/h7-9,11-13,15,17,20,26,29H,5-6,10,14H2,1-4H3,(H,28,30)/t17?,20-/m1/s1. The van der Waals surface area contributed by atoms with E-state index in [1.807, 2.05) is 20.0 Å². The number of aromatic amines is 1. The number of H-pyrrole nitrogens is 1. The normalized spacial score (nSPS) is 18.0. The van der Waals surface area contributed by atoms with Gasteiger partial charge in [0.25, 0.3) is 0 Å². The molecule has 5 nitrogen and oxygen atoms in total. The second kappa shape index (κ2) is 8.60. The highest BCUT2D eigenvalue weighted by Crippen LogP contribution is 2.37. The van der Waals surface area contributed by atoms with Crippen molar-refractivity contribution in [2.24, 2.45) is 0 Å². The van der Waals surface area contributed by atoms with Gasteiger partial charge in [0, 0.05) is 40.9 Å². The number of aryl methyl sites for hydroxylation is 1. The maximum Gasteiger partial charge on any atom is 0.227 e. The topological polar surface area (TPSA) is 69.8 Å². The van der Waals surface area contributed by atoms with Gasteiger partial charge >= 0.3 is 0 Å². The Labute approximate surface area is 178 Å². The second-order valence-electron chi connectivity index (χ2n) is 8.83. The van der Waals surface area contributed by atoms with Crippen LogP contribution in [0.2, 0.25) is 0 Å². The van der Waals surface area contributed by atoms with Crippen molar-refractivity contribution in [2.75, 3.05) is 13.1 Å². The molecule has 30 heavy (non-hydrogen) atoms. The van der Waals surface area contributed by atoms with Gasteiger partial charge in [0.2, 0.25) is 5.91 Å². The van der Waals surface area contributed by atoms with Crippen LogP contribution in [0.1, 0.15) is 62.3 Å². The van der Waals surface area contributed by atoms with E-state index >= 15 is 0 Å². The van der Waals surface area contributed by atoms with Gasteiger partial charge in [-0.25, -0.2) is 0 Å². The molecule has 1 aliphatic heterocycles. The highest BCUT2D eigenvalue weighted by Gasteiger charge is 2.22. The van der Waals surface area contributed by atoms with Crippen molar-refractivity contribution in [1.29, 1.82) is 0 Å². The van der Waals surface area contributed by atoms with E-state index in [-0.39, 0.29) is 17.9 Å². The maximum atomic E-state index is 12.9. The van der Waals surface area contributed by atoms with Crippen LogP contribution < -0.4 is 10.6 Å². The quantitative estimate of drug-likeness (QED) is 0.580. The summed E-state index contributed by atoms with van der Waals surface area (Å²) in [5, 5.41) is 7.79. The highest BCUT2D eigenvalue weighted by atomic mass is 16.1. The molecule has 4 rings (SSSR count). The Morgan fingerprint density at radius 1 is 1.20 bits per heavy atom. The SMILES string of the molecule is Cc1cc(-c2[nH]c3ccc(C(C)C(=O)N[C@@H]4CCCNC4)cc3c2C(C)C)ccn1. The van der Waals surface area contributed by atoms with Crippen LogP contribution >= 0.6 is 0 Å². The molecule has 0 radical (unpaired) electrons. The minimum absolute atomic E-state index is 0.106. The molecule has 0 bridgehead atoms. The number of carbonyl (C=O) groups is 1. The van der Waals surface area contributed by atoms with Gasteiger partial charge in [-0.2, -0.15) is 0 Å². The zero-order valence-electron chi connectivity index (χ0n) is 18.4. The summed E-state index contributed by atoms with van der Waals surface area (Å²) in [4.78, 5) is 20.8. The molecule has 0 aliphatic carbocycles. The molecule has 5 heteroatoms. The van der Waals surface area contributed by atoms with Crippen molar-refractivity contribution in [3.05, 3.63) is 53.3 Å². The number of aromatic nitrogens is 2. The summed E-state index contributed by atoms with van der Waals surface area (Å²) >= 11 is 0. The number of hydrogen-bond acceptors (Lipinski definition) is 3. The molecule has 2 atom stereocenters. The van der Waals surface area contributed by atoms with Crippen LogP contribution in [0.25, 0.3) is 22.2 Å². The van der Waals surface area contributed by atoms with Gasteiger partial charge in [-0.3, -0.25) is 9.78 Å². The van der Waals surface area contributed by atoms with E-state index in [9.17, 15) is 4.79 Å². The van der Waals surface area contributed by atoms with Gasteiger partial charge < -0.3 is 15.6 Å². The molecular formula is C25H32N4O. The molecule has 0 spiro atoms. The maximum absolute atomic E-state index is 12.9. The van der Waals surface area contributed by atoms with E-state index in [4.69, 9.17) is 0 Å². The number of fused-ring (bicyclic) bond motifs is 1. The highest BCUT2D eigenvalue weighted by molar-refractivity contribution is 5.93. The Balaban J connectivity index is 1.67. The molecule has 1 aliphatic rings. The summed E-state index contributed by atoms with van der Waals surface area (Å²) in [5.41, 5.74) is 6.76. The average molecular weight is 405 g/mol. The van der Waals surface area contributed by atoms with Crippen LogP contribution in [0.15, 0.2) is 36.5 Å². The van der Waals surface area contributed by atoms with Crippen molar-refractivity contribution in [3.8, 4) is 11.3 Å². The number of benzene rings is 1. The molecular weight excluding hydrogens is 372 g/mol. The second-order valence-corrected chi connectivity index (χ2v) is 8.83. The molecule has 158 valence electrons. The van der Waals surface area contributed by atoms with Crippen LogP contribution in [0, 0.1) is 6.92 Å². The zero-order valence-corrected chi connectivity index (χ0v) is 18.4. The number of hydrogen-bond donors (Lipinski definition) is 3. The molecule has 1 saturated heterocycles. The fourth-order valence-corrected chi connectivity index (χ4v) is 4.48. The number of piperidine rings is 1. The molecule has 3 heterocycles. The fourth-order valence-electron chi connectivity index (χ4n) is 4.48. The number of rotatable bonds is 5. The van der Waals surface area contributed by atoms with Gasteiger partial charge in [-0.1, -0.05) is 19.9 Å². The van der Waals surface area contributed by atoms with Gasteiger partial charge in [-0.15, -0.1) is 0 Å². The van der Waals surface area contributed by atoms with Crippen LogP contribution in [0.4, 0.5) is 0 Å².